The summed E-state index contributed by atoms with van der Waals surface area (Å²) in [7, 11) is 1.63. The number of carbonyl (C=O) groups excluding carboxylic acids is 1. The van der Waals surface area contributed by atoms with Crippen LogP contribution in [0.1, 0.15) is 18.5 Å². The fraction of sp³-hybridized carbons (Fsp3) is 0.316. The Labute approximate surface area is 141 Å². The van der Waals surface area contributed by atoms with E-state index in [1.807, 2.05) is 47.4 Å². The maximum absolute atomic E-state index is 13.1. The first-order chi connectivity index (χ1) is 11.7. The third-order valence-electron chi connectivity index (χ3n) is 5.05. The van der Waals surface area contributed by atoms with E-state index < -0.39 is 5.54 Å². The van der Waals surface area contributed by atoms with E-state index >= 15 is 0 Å². The minimum atomic E-state index is -0.763. The lowest BCUT2D eigenvalue weighted by Gasteiger charge is -2.53. The van der Waals surface area contributed by atoms with E-state index in [9.17, 15) is 4.79 Å². The van der Waals surface area contributed by atoms with Gasteiger partial charge in [-0.1, -0.05) is 37.3 Å². The quantitative estimate of drug-likeness (QED) is 0.811. The third-order valence-corrected chi connectivity index (χ3v) is 5.05. The highest BCUT2D eigenvalue weighted by Crippen LogP contribution is 2.54. The predicted molar refractivity (Wildman–Crippen MR) is 91.3 cm³/mol. The second kappa shape index (κ2) is 5.44. The molecule has 1 amide bonds. The number of methoxy groups -OCH3 is 1. The van der Waals surface area contributed by atoms with Crippen LogP contribution in [0.15, 0.2) is 64.8 Å². The molecule has 1 saturated heterocycles. The highest BCUT2D eigenvalue weighted by atomic mass is 16.5. The van der Waals surface area contributed by atoms with Crippen molar-refractivity contribution >= 4 is 11.6 Å². The minimum Gasteiger partial charge on any atom is -0.497 e. The number of hydrogen-bond donors (Lipinski definition) is 0. The van der Waals surface area contributed by atoms with Gasteiger partial charge in [0.25, 0.3) is 5.91 Å². The highest BCUT2D eigenvalue weighted by molar-refractivity contribution is 6.10. The van der Waals surface area contributed by atoms with E-state index in [-0.39, 0.29) is 17.9 Å². The summed E-state index contributed by atoms with van der Waals surface area (Å²) < 4.78 is 5.21. The smallest absolute Gasteiger partial charge is 0.260 e. The van der Waals surface area contributed by atoms with E-state index in [1.54, 1.807) is 7.11 Å². The Balaban J connectivity index is 1.78. The molecule has 2 heterocycles. The summed E-state index contributed by atoms with van der Waals surface area (Å²) in [4.78, 5) is 14.9. The van der Waals surface area contributed by atoms with Crippen molar-refractivity contribution in [3.8, 4) is 5.75 Å². The number of β-lactam (4-membered cyclic amide) rings is 1. The Kier molecular flexibility index (Phi) is 3.37. The Bertz CT molecular complexity index is 788. The van der Waals surface area contributed by atoms with Crippen LogP contribution in [0, 0.1) is 5.92 Å². The van der Waals surface area contributed by atoms with Crippen LogP contribution in [0.4, 0.5) is 5.69 Å². The van der Waals surface area contributed by atoms with Crippen LogP contribution in [0.2, 0.25) is 0 Å². The molecule has 4 rings (SSSR count). The van der Waals surface area contributed by atoms with Crippen LogP contribution in [-0.4, -0.2) is 25.1 Å². The van der Waals surface area contributed by atoms with E-state index in [0.29, 0.717) is 6.54 Å². The number of hydrogen-bond acceptors (Lipinski definition) is 4. The molecule has 0 saturated carbocycles. The number of anilines is 1. The molecule has 0 radical (unpaired) electrons. The Morgan fingerprint density at radius 3 is 2.42 bits per heavy atom. The lowest BCUT2D eigenvalue weighted by atomic mass is 9.68. The molecule has 1 spiro atoms. The number of carbonyl (C=O) groups is 1. The molecule has 5 heteroatoms. The zero-order valence-corrected chi connectivity index (χ0v) is 13.7. The lowest BCUT2D eigenvalue weighted by molar-refractivity contribution is -0.134. The highest BCUT2D eigenvalue weighted by Gasteiger charge is 2.66. The molecule has 3 atom stereocenters. The SMILES string of the molecule is COc1ccc(N2C(=O)[C@]3(N=NCC3C)[C@H]2c2ccccc2)cc1. The molecule has 1 unspecified atom stereocenters. The van der Waals surface area contributed by atoms with Gasteiger partial charge < -0.3 is 4.74 Å². The topological polar surface area (TPSA) is 54.3 Å². The molecule has 1 fully saturated rings. The third kappa shape index (κ3) is 1.90. The van der Waals surface area contributed by atoms with Crippen molar-refractivity contribution in [3.63, 3.8) is 0 Å². The van der Waals surface area contributed by atoms with Crippen molar-refractivity contribution in [1.82, 2.24) is 0 Å². The second-order valence-corrected chi connectivity index (χ2v) is 6.34. The molecular weight excluding hydrogens is 302 g/mol. The Morgan fingerprint density at radius 2 is 1.83 bits per heavy atom. The van der Waals surface area contributed by atoms with Gasteiger partial charge in [-0.05, 0) is 29.8 Å². The monoisotopic (exact) mass is 321 g/mol. The van der Waals surface area contributed by atoms with Crippen molar-refractivity contribution in [3.05, 3.63) is 60.2 Å². The van der Waals surface area contributed by atoms with E-state index in [2.05, 4.69) is 29.3 Å². The first-order valence-electron chi connectivity index (χ1n) is 8.10. The summed E-state index contributed by atoms with van der Waals surface area (Å²) in [6.07, 6.45) is 0. The van der Waals surface area contributed by atoms with Crippen molar-refractivity contribution in [2.75, 3.05) is 18.6 Å². The molecule has 2 aromatic carbocycles. The van der Waals surface area contributed by atoms with Crippen LogP contribution in [-0.2, 0) is 4.79 Å². The molecule has 2 aromatic rings. The summed E-state index contributed by atoms with van der Waals surface area (Å²) in [6.45, 7) is 2.66. The van der Waals surface area contributed by atoms with Gasteiger partial charge in [0.1, 0.15) is 5.75 Å². The molecule has 0 bridgehead atoms. The molecule has 0 aromatic heterocycles. The van der Waals surface area contributed by atoms with Gasteiger partial charge in [0.15, 0.2) is 5.54 Å². The largest absolute Gasteiger partial charge is 0.497 e. The molecule has 0 aliphatic carbocycles. The number of nitrogens with zero attached hydrogens (tertiary/aromatic N) is 3. The zero-order valence-electron chi connectivity index (χ0n) is 13.7. The van der Waals surface area contributed by atoms with Crippen LogP contribution in [0.25, 0.3) is 0 Å². The Morgan fingerprint density at radius 1 is 1.12 bits per heavy atom. The van der Waals surface area contributed by atoms with Gasteiger partial charge in [-0.25, -0.2) is 0 Å². The fourth-order valence-electron chi connectivity index (χ4n) is 3.70. The van der Waals surface area contributed by atoms with Gasteiger partial charge in [0.05, 0.1) is 19.7 Å². The van der Waals surface area contributed by atoms with Crippen molar-refractivity contribution < 1.29 is 9.53 Å². The van der Waals surface area contributed by atoms with Crippen LogP contribution in [0.3, 0.4) is 0 Å². The van der Waals surface area contributed by atoms with Crippen LogP contribution < -0.4 is 9.64 Å². The average molecular weight is 321 g/mol. The maximum atomic E-state index is 13.1. The molecular formula is C19H19N3O2. The first kappa shape index (κ1) is 14.9. The first-order valence-corrected chi connectivity index (χ1v) is 8.10. The van der Waals surface area contributed by atoms with Crippen molar-refractivity contribution in [1.29, 1.82) is 0 Å². The molecule has 5 nitrogen and oxygen atoms in total. The molecule has 2 aliphatic heterocycles. The van der Waals surface area contributed by atoms with Gasteiger partial charge in [0, 0.05) is 11.6 Å². The van der Waals surface area contributed by atoms with Crippen molar-refractivity contribution in [2.45, 2.75) is 18.5 Å². The predicted octanol–water partition coefficient (Wildman–Crippen LogP) is 3.62. The lowest BCUT2D eigenvalue weighted by Crippen LogP contribution is -2.69. The summed E-state index contributed by atoms with van der Waals surface area (Å²) in [5.41, 5.74) is 1.18. The maximum Gasteiger partial charge on any atom is 0.260 e. The average Bonchev–Trinajstić information content (AvgIpc) is 3.03. The number of ether oxygens (including phenoxy) is 1. The molecule has 24 heavy (non-hydrogen) atoms. The second-order valence-electron chi connectivity index (χ2n) is 6.34. The summed E-state index contributed by atoms with van der Waals surface area (Å²) in [5, 5.41) is 8.59. The summed E-state index contributed by atoms with van der Waals surface area (Å²) >= 11 is 0. The number of azo groups is 1. The van der Waals surface area contributed by atoms with Gasteiger partial charge >= 0.3 is 0 Å². The minimum absolute atomic E-state index is 0.0234. The number of benzene rings is 2. The van der Waals surface area contributed by atoms with E-state index in [4.69, 9.17) is 4.74 Å². The van der Waals surface area contributed by atoms with Gasteiger partial charge in [0.2, 0.25) is 0 Å². The standard InChI is InChI=1S/C19H19N3O2/c1-13-12-20-21-19(13)17(14-6-4-3-5-7-14)22(18(19)23)15-8-10-16(24-2)11-9-15/h3-11,13,17H,12H2,1-2H3/t13?,17-,19-/m1/s1. The Hall–Kier alpha value is -2.69. The number of rotatable bonds is 3. The van der Waals surface area contributed by atoms with Gasteiger partial charge in [-0.3, -0.25) is 9.69 Å². The normalized spacial score (nSPS) is 28.2. The molecule has 122 valence electrons. The van der Waals surface area contributed by atoms with Gasteiger partial charge in [-0.15, -0.1) is 0 Å². The zero-order chi connectivity index (χ0) is 16.7. The van der Waals surface area contributed by atoms with Crippen LogP contribution in [0.5, 0.6) is 5.75 Å². The van der Waals surface area contributed by atoms with E-state index in [1.165, 1.54) is 0 Å². The summed E-state index contributed by atoms with van der Waals surface area (Å²) in [5.74, 6) is 0.895. The van der Waals surface area contributed by atoms with Gasteiger partial charge in [-0.2, -0.15) is 10.2 Å². The number of amides is 1. The molecule has 2 aliphatic rings. The van der Waals surface area contributed by atoms with Crippen LogP contribution >= 0.6 is 0 Å². The molecule has 0 N–H and O–H groups in total. The van der Waals surface area contributed by atoms with E-state index in [0.717, 1.165) is 17.0 Å². The fourth-order valence-corrected chi connectivity index (χ4v) is 3.70. The van der Waals surface area contributed by atoms with Crippen molar-refractivity contribution in [2.24, 2.45) is 16.1 Å². The summed E-state index contributed by atoms with van der Waals surface area (Å²) in [6, 6.07) is 17.5.